The van der Waals surface area contributed by atoms with Crippen LogP contribution in [-0.4, -0.2) is 18.5 Å². The average Bonchev–Trinajstić information content (AvgIpc) is 2.82. The number of alkyl halides is 6. The summed E-state index contributed by atoms with van der Waals surface area (Å²) in [7, 11) is 0. The van der Waals surface area contributed by atoms with E-state index in [2.05, 4.69) is 12.2 Å². The number of benzene rings is 1. The Labute approximate surface area is 215 Å². The van der Waals surface area contributed by atoms with Crippen LogP contribution in [0, 0.1) is 0 Å². The highest BCUT2D eigenvalue weighted by Gasteiger charge is 2.36. The highest BCUT2D eigenvalue weighted by Crippen LogP contribution is 2.36. The number of carbonyl (C=O) groups excluding carboxylic acids is 2. The van der Waals surface area contributed by atoms with Gasteiger partial charge >= 0.3 is 18.3 Å². The molecule has 0 aliphatic rings. The van der Waals surface area contributed by atoms with Crippen LogP contribution >= 0.6 is 0 Å². The van der Waals surface area contributed by atoms with Gasteiger partial charge in [-0.1, -0.05) is 71.1 Å². The summed E-state index contributed by atoms with van der Waals surface area (Å²) in [5.74, 6) is -1.02. The Morgan fingerprint density at radius 1 is 0.703 bits per heavy atom. The number of hydrogen-bond donors (Lipinski definition) is 1. The predicted molar refractivity (Wildman–Crippen MR) is 130 cm³/mol. The molecule has 4 nitrogen and oxygen atoms in total. The van der Waals surface area contributed by atoms with Crippen molar-refractivity contribution < 1.29 is 40.7 Å². The maximum Gasteiger partial charge on any atom is 0.416 e. The van der Waals surface area contributed by atoms with Crippen LogP contribution in [-0.2, 0) is 33.2 Å². The molecule has 0 aliphatic heterocycles. The number of halogens is 6. The van der Waals surface area contributed by atoms with Crippen molar-refractivity contribution in [2.24, 2.45) is 0 Å². The molecule has 0 aromatic heterocycles. The molecule has 0 fully saturated rings. The number of nitrogens with one attached hydrogen (secondary N) is 1. The summed E-state index contributed by atoms with van der Waals surface area (Å²) in [5, 5.41) is 2.30. The van der Waals surface area contributed by atoms with Gasteiger partial charge in [0.25, 0.3) is 0 Å². The van der Waals surface area contributed by atoms with E-state index in [9.17, 15) is 35.9 Å². The molecular weight excluding hydrogens is 500 g/mol. The predicted octanol–water partition coefficient (Wildman–Crippen LogP) is 8.36. The van der Waals surface area contributed by atoms with E-state index in [1.165, 1.54) is 51.4 Å². The van der Waals surface area contributed by atoms with Gasteiger partial charge in [0.05, 0.1) is 17.7 Å². The van der Waals surface area contributed by atoms with Gasteiger partial charge in [-0.25, -0.2) is 0 Å². The van der Waals surface area contributed by atoms with Crippen molar-refractivity contribution in [3.8, 4) is 0 Å². The normalized spacial score (nSPS) is 12.0. The lowest BCUT2D eigenvalue weighted by Crippen LogP contribution is -2.23. The van der Waals surface area contributed by atoms with Gasteiger partial charge in [0.1, 0.15) is 0 Å². The zero-order valence-electron chi connectivity index (χ0n) is 21.5. The molecule has 0 atom stereocenters. The Morgan fingerprint density at radius 2 is 1.19 bits per heavy atom. The van der Waals surface area contributed by atoms with Crippen LogP contribution < -0.4 is 5.32 Å². The van der Waals surface area contributed by atoms with E-state index < -0.39 is 41.9 Å². The second kappa shape index (κ2) is 17.3. The summed E-state index contributed by atoms with van der Waals surface area (Å²) in [5.41, 5.74) is -3.19. The molecule has 10 heteroatoms. The Balaban J connectivity index is 2.18. The summed E-state index contributed by atoms with van der Waals surface area (Å²) in [6.45, 7) is 2.03. The molecule has 212 valence electrons. The first-order chi connectivity index (χ1) is 17.4. The van der Waals surface area contributed by atoms with Crippen molar-refractivity contribution in [3.05, 3.63) is 34.9 Å². The standard InChI is InChI=1S/C27H39F6NO3/c1-2-3-4-5-6-7-8-9-10-11-12-16-37-25(36)15-13-14-24(35)34-20-21-17-22(26(28,29)30)19-23(18-21)27(31,32)33/h17-19H,2-16,20H2,1H3,(H,34,35). The van der Waals surface area contributed by atoms with Gasteiger partial charge < -0.3 is 10.1 Å². The van der Waals surface area contributed by atoms with Crippen molar-refractivity contribution in [3.63, 3.8) is 0 Å². The zero-order chi connectivity index (χ0) is 27.7. The lowest BCUT2D eigenvalue weighted by Gasteiger charge is -2.14. The van der Waals surface area contributed by atoms with Gasteiger partial charge in [0.15, 0.2) is 0 Å². The minimum Gasteiger partial charge on any atom is -0.466 e. The molecule has 0 bridgehead atoms. The van der Waals surface area contributed by atoms with Crippen LogP contribution in [0.4, 0.5) is 26.3 Å². The molecule has 0 saturated carbocycles. The van der Waals surface area contributed by atoms with Gasteiger partial charge in [-0.3, -0.25) is 9.59 Å². The van der Waals surface area contributed by atoms with Gasteiger partial charge in [-0.15, -0.1) is 0 Å². The van der Waals surface area contributed by atoms with Crippen molar-refractivity contribution >= 4 is 11.9 Å². The number of ether oxygens (including phenoxy) is 1. The molecular formula is C27H39F6NO3. The smallest absolute Gasteiger partial charge is 0.416 e. The van der Waals surface area contributed by atoms with Crippen molar-refractivity contribution in [1.82, 2.24) is 5.32 Å². The number of carbonyl (C=O) groups is 2. The SMILES string of the molecule is CCCCCCCCCCCCCOC(=O)CCCC(=O)NCc1cc(C(F)(F)F)cc(C(F)(F)F)c1. The zero-order valence-corrected chi connectivity index (χ0v) is 21.5. The Bertz CT molecular complexity index is 776. The molecule has 0 heterocycles. The molecule has 1 N–H and O–H groups in total. The molecule has 0 spiro atoms. The third-order valence-electron chi connectivity index (χ3n) is 5.93. The van der Waals surface area contributed by atoms with E-state index in [0.29, 0.717) is 18.7 Å². The Kier molecular flexibility index (Phi) is 15.3. The molecule has 1 aromatic carbocycles. The van der Waals surface area contributed by atoms with Crippen LogP contribution in [0.25, 0.3) is 0 Å². The van der Waals surface area contributed by atoms with Crippen LogP contribution in [0.15, 0.2) is 18.2 Å². The monoisotopic (exact) mass is 539 g/mol. The van der Waals surface area contributed by atoms with E-state index in [0.717, 1.165) is 19.3 Å². The first kappa shape index (κ1) is 32.8. The first-order valence-electron chi connectivity index (χ1n) is 13.1. The van der Waals surface area contributed by atoms with Crippen LogP contribution in [0.1, 0.15) is 114 Å². The summed E-state index contributed by atoms with van der Waals surface area (Å²) in [6.07, 6.45) is 3.18. The van der Waals surface area contributed by atoms with Crippen molar-refractivity contribution in [1.29, 1.82) is 0 Å². The lowest BCUT2D eigenvalue weighted by molar-refractivity contribution is -0.144. The number of esters is 1. The number of amides is 1. The molecule has 37 heavy (non-hydrogen) atoms. The van der Waals surface area contributed by atoms with E-state index in [-0.39, 0.29) is 30.9 Å². The topological polar surface area (TPSA) is 55.4 Å². The fourth-order valence-corrected chi connectivity index (χ4v) is 3.83. The van der Waals surface area contributed by atoms with Gasteiger partial charge in [0, 0.05) is 19.4 Å². The molecule has 0 unspecified atom stereocenters. The number of rotatable bonds is 18. The summed E-state index contributed by atoms with van der Waals surface area (Å²) in [4.78, 5) is 23.7. The third kappa shape index (κ3) is 15.6. The summed E-state index contributed by atoms with van der Waals surface area (Å²) >= 11 is 0. The highest BCUT2D eigenvalue weighted by atomic mass is 19.4. The summed E-state index contributed by atoms with van der Waals surface area (Å²) in [6, 6.07) is 1.18. The third-order valence-corrected chi connectivity index (χ3v) is 5.93. The van der Waals surface area contributed by atoms with Gasteiger partial charge in [-0.05, 0) is 36.6 Å². The average molecular weight is 540 g/mol. The molecule has 0 radical (unpaired) electrons. The second-order valence-electron chi connectivity index (χ2n) is 9.30. The van der Waals surface area contributed by atoms with Crippen LogP contribution in [0.3, 0.4) is 0 Å². The maximum absolute atomic E-state index is 12.9. The van der Waals surface area contributed by atoms with Crippen LogP contribution in [0.2, 0.25) is 0 Å². The Hall–Kier alpha value is -2.26. The fourth-order valence-electron chi connectivity index (χ4n) is 3.83. The van der Waals surface area contributed by atoms with Gasteiger partial charge in [-0.2, -0.15) is 26.3 Å². The van der Waals surface area contributed by atoms with E-state index in [1.807, 2.05) is 0 Å². The quantitative estimate of drug-likeness (QED) is 0.116. The lowest BCUT2D eigenvalue weighted by atomic mass is 10.0. The number of hydrogen-bond acceptors (Lipinski definition) is 3. The minimum absolute atomic E-state index is 0.00717. The second-order valence-corrected chi connectivity index (χ2v) is 9.30. The van der Waals surface area contributed by atoms with Crippen molar-refractivity contribution in [2.75, 3.05) is 6.61 Å². The Morgan fingerprint density at radius 3 is 1.68 bits per heavy atom. The first-order valence-corrected chi connectivity index (χ1v) is 13.1. The molecule has 1 aromatic rings. The largest absolute Gasteiger partial charge is 0.466 e. The highest BCUT2D eigenvalue weighted by molar-refractivity contribution is 5.77. The van der Waals surface area contributed by atoms with E-state index in [4.69, 9.17) is 4.74 Å². The van der Waals surface area contributed by atoms with E-state index >= 15 is 0 Å². The molecule has 1 rings (SSSR count). The van der Waals surface area contributed by atoms with Gasteiger partial charge in [0.2, 0.25) is 5.91 Å². The van der Waals surface area contributed by atoms with Crippen LogP contribution in [0.5, 0.6) is 0 Å². The molecule has 0 aliphatic carbocycles. The van der Waals surface area contributed by atoms with E-state index in [1.54, 1.807) is 0 Å². The van der Waals surface area contributed by atoms with Crippen molar-refractivity contribution in [2.45, 2.75) is 116 Å². The molecule has 0 saturated heterocycles. The fraction of sp³-hybridized carbons (Fsp3) is 0.704. The minimum atomic E-state index is -4.95. The summed E-state index contributed by atoms with van der Waals surface area (Å²) < 4.78 is 82.6. The number of unbranched alkanes of at least 4 members (excludes halogenated alkanes) is 10. The molecule has 1 amide bonds. The maximum atomic E-state index is 12.9.